The Hall–Kier alpha value is -2.63. The minimum atomic E-state index is -2.71. The van der Waals surface area contributed by atoms with Crippen molar-refractivity contribution in [2.45, 2.75) is 77.1 Å². The molecule has 2 aromatic rings. The van der Waals surface area contributed by atoms with Crippen LogP contribution in [0, 0.1) is 19.8 Å². The average Bonchev–Trinajstić information content (AvgIpc) is 3.56. The predicted octanol–water partition coefficient (Wildman–Crippen LogP) is 3.29. The third-order valence-electron chi connectivity index (χ3n) is 7.94. The second-order valence-corrected chi connectivity index (χ2v) is 10.9. The van der Waals surface area contributed by atoms with Crippen molar-refractivity contribution in [3.63, 3.8) is 0 Å². The molecule has 9 nitrogen and oxygen atoms in total. The minimum Gasteiger partial charge on any atom is -0.406 e. The van der Waals surface area contributed by atoms with E-state index in [-0.39, 0.29) is 43.3 Å². The lowest BCUT2D eigenvalue weighted by molar-refractivity contribution is -0.141. The molecule has 37 heavy (non-hydrogen) atoms. The van der Waals surface area contributed by atoms with Gasteiger partial charge in [-0.05, 0) is 62.9 Å². The highest BCUT2D eigenvalue weighted by Crippen LogP contribution is 2.40. The number of alkyl halides is 2. The van der Waals surface area contributed by atoms with E-state index in [1.54, 1.807) is 4.90 Å². The maximum Gasteiger partial charge on any atom is 0.320 e. The van der Waals surface area contributed by atoms with Gasteiger partial charge in [0.15, 0.2) is 0 Å². The number of amides is 1. The largest absolute Gasteiger partial charge is 0.406 e. The van der Waals surface area contributed by atoms with Gasteiger partial charge >= 0.3 is 6.01 Å². The predicted molar refractivity (Wildman–Crippen MR) is 134 cm³/mol. The molecule has 3 heterocycles. The van der Waals surface area contributed by atoms with Gasteiger partial charge < -0.3 is 25.1 Å². The number of anilines is 2. The summed E-state index contributed by atoms with van der Waals surface area (Å²) in [6.07, 6.45) is -0.135. The van der Waals surface area contributed by atoms with E-state index in [1.165, 1.54) is 0 Å². The minimum absolute atomic E-state index is 0.0328. The third kappa shape index (κ3) is 5.63. The van der Waals surface area contributed by atoms with Gasteiger partial charge in [-0.15, -0.1) is 5.10 Å². The van der Waals surface area contributed by atoms with Gasteiger partial charge in [0.1, 0.15) is 6.04 Å². The number of benzene rings is 1. The van der Waals surface area contributed by atoms with Crippen molar-refractivity contribution in [3.8, 4) is 0 Å². The lowest BCUT2D eigenvalue weighted by Crippen LogP contribution is -2.54. The summed E-state index contributed by atoms with van der Waals surface area (Å²) in [5.41, 5.74) is 4.16. The van der Waals surface area contributed by atoms with Crippen LogP contribution < -0.4 is 10.6 Å². The number of aliphatic hydroxyl groups excluding tert-OH is 1. The van der Waals surface area contributed by atoms with Crippen LogP contribution in [0.25, 0.3) is 0 Å². The molecule has 3 aliphatic rings. The smallest absolute Gasteiger partial charge is 0.320 e. The molecule has 4 atom stereocenters. The number of aryl methyl sites for hydroxylation is 1. The van der Waals surface area contributed by atoms with Crippen LogP contribution in [0.2, 0.25) is 0 Å². The number of aliphatic hydroxyl groups is 1. The van der Waals surface area contributed by atoms with Crippen LogP contribution in [-0.4, -0.2) is 75.3 Å². The normalized spacial score (nSPS) is 28.1. The van der Waals surface area contributed by atoms with E-state index in [4.69, 9.17) is 4.42 Å². The maximum atomic E-state index is 13.6. The highest BCUT2D eigenvalue weighted by Gasteiger charge is 2.44. The lowest BCUT2D eigenvalue weighted by atomic mass is 10.0. The molecule has 1 aromatic heterocycles. The van der Waals surface area contributed by atoms with Crippen molar-refractivity contribution >= 4 is 17.6 Å². The molecule has 0 bridgehead atoms. The molecule has 202 valence electrons. The summed E-state index contributed by atoms with van der Waals surface area (Å²) in [6, 6.07) is 4.07. The van der Waals surface area contributed by atoms with E-state index in [2.05, 4.69) is 31.8 Å². The number of hydrogen-bond donors (Lipinski definition) is 3. The van der Waals surface area contributed by atoms with Crippen LogP contribution in [0.1, 0.15) is 61.2 Å². The first-order valence-electron chi connectivity index (χ1n) is 13.1. The van der Waals surface area contributed by atoms with E-state index in [9.17, 15) is 18.7 Å². The fraction of sp³-hybridized carbons (Fsp3) is 0.654. The summed E-state index contributed by atoms with van der Waals surface area (Å²) in [6.45, 7) is 9.41. The van der Waals surface area contributed by atoms with E-state index in [0.29, 0.717) is 45.0 Å². The molecule has 2 saturated heterocycles. The van der Waals surface area contributed by atoms with Gasteiger partial charge in [0, 0.05) is 56.7 Å². The van der Waals surface area contributed by atoms with Crippen LogP contribution >= 0.6 is 0 Å². The zero-order valence-corrected chi connectivity index (χ0v) is 21.6. The zero-order valence-electron chi connectivity index (χ0n) is 21.6. The Labute approximate surface area is 215 Å². The quantitative estimate of drug-likeness (QED) is 0.535. The van der Waals surface area contributed by atoms with Gasteiger partial charge in [-0.25, -0.2) is 8.78 Å². The number of carbonyl (C=O) groups excluding carboxylic acids is 1. The van der Waals surface area contributed by atoms with Crippen molar-refractivity contribution < 1.29 is 23.1 Å². The van der Waals surface area contributed by atoms with E-state index in [0.717, 1.165) is 22.4 Å². The van der Waals surface area contributed by atoms with Gasteiger partial charge in [0.2, 0.25) is 17.7 Å². The van der Waals surface area contributed by atoms with Crippen molar-refractivity contribution in [1.29, 1.82) is 0 Å². The molecule has 5 rings (SSSR count). The molecule has 0 spiro atoms. The van der Waals surface area contributed by atoms with Crippen LogP contribution in [0.3, 0.4) is 0 Å². The highest BCUT2D eigenvalue weighted by atomic mass is 19.3. The van der Waals surface area contributed by atoms with E-state index in [1.807, 2.05) is 26.8 Å². The molecular weight excluding hydrogens is 482 g/mol. The lowest BCUT2D eigenvalue weighted by Gasteiger charge is -2.41. The number of nitrogens with one attached hydrogen (secondary N) is 2. The molecular formula is C26H36F2N6O3. The number of hydrogen-bond acceptors (Lipinski definition) is 8. The van der Waals surface area contributed by atoms with E-state index < -0.39 is 17.9 Å². The zero-order chi connectivity index (χ0) is 26.3. The maximum absolute atomic E-state index is 13.6. The summed E-state index contributed by atoms with van der Waals surface area (Å²) in [4.78, 5) is 17.0. The molecule has 1 amide bonds. The van der Waals surface area contributed by atoms with Gasteiger partial charge in [0.25, 0.3) is 0 Å². The third-order valence-corrected chi connectivity index (χ3v) is 7.94. The molecule has 1 saturated carbocycles. The number of rotatable bonds is 6. The first-order valence-corrected chi connectivity index (χ1v) is 13.1. The molecule has 0 radical (unpaired) electrons. The Kier molecular flexibility index (Phi) is 7.21. The number of carbonyl (C=O) groups is 1. The van der Waals surface area contributed by atoms with Crippen molar-refractivity contribution in [2.24, 2.45) is 5.92 Å². The van der Waals surface area contributed by atoms with Crippen molar-refractivity contribution in [3.05, 3.63) is 34.7 Å². The molecule has 2 unspecified atom stereocenters. The molecule has 1 aliphatic carbocycles. The molecule has 11 heteroatoms. The first-order chi connectivity index (χ1) is 17.6. The van der Waals surface area contributed by atoms with Gasteiger partial charge in [-0.2, -0.15) is 0 Å². The Morgan fingerprint density at radius 1 is 1.27 bits per heavy atom. The fourth-order valence-corrected chi connectivity index (χ4v) is 5.84. The van der Waals surface area contributed by atoms with Crippen LogP contribution in [-0.2, 0) is 11.3 Å². The van der Waals surface area contributed by atoms with E-state index >= 15 is 0 Å². The monoisotopic (exact) mass is 518 g/mol. The number of piperazine rings is 1. The fourth-order valence-electron chi connectivity index (χ4n) is 5.84. The second-order valence-electron chi connectivity index (χ2n) is 10.9. The average molecular weight is 519 g/mol. The number of aromatic nitrogens is 2. The second kappa shape index (κ2) is 10.3. The van der Waals surface area contributed by atoms with Crippen LogP contribution in [0.5, 0.6) is 0 Å². The van der Waals surface area contributed by atoms with Gasteiger partial charge in [-0.1, -0.05) is 11.2 Å². The van der Waals surface area contributed by atoms with Crippen molar-refractivity contribution in [2.75, 3.05) is 31.5 Å². The summed E-state index contributed by atoms with van der Waals surface area (Å²) in [5, 5.41) is 24.7. The van der Waals surface area contributed by atoms with Gasteiger partial charge in [0.05, 0.1) is 6.10 Å². The Balaban J connectivity index is 1.22. The Bertz CT molecular complexity index is 1140. The topological polar surface area (TPSA) is 107 Å². The summed E-state index contributed by atoms with van der Waals surface area (Å²) in [7, 11) is 0. The molecule has 1 aromatic carbocycles. The molecule has 2 aliphatic heterocycles. The van der Waals surface area contributed by atoms with Gasteiger partial charge in [-0.3, -0.25) is 9.69 Å². The molecule has 3 fully saturated rings. The summed E-state index contributed by atoms with van der Waals surface area (Å²) >= 11 is 0. The summed E-state index contributed by atoms with van der Waals surface area (Å²) < 4.78 is 33.1. The Morgan fingerprint density at radius 2 is 2.08 bits per heavy atom. The number of nitrogens with zero attached hydrogens (tertiary/aromatic N) is 4. The molecule has 3 N–H and O–H groups in total. The van der Waals surface area contributed by atoms with Crippen LogP contribution in [0.15, 0.2) is 16.5 Å². The highest BCUT2D eigenvalue weighted by molar-refractivity contribution is 5.79. The number of halogens is 2. The standard InChI is InChI=1S/C26H36F2N6O3/c1-15-10-19(14-33-8-9-34(16(2)13-33)24(36)18-4-6-26(27,28)12-18)17(3)20(11-15)30-25-32-31-23(37-25)22-21(35)5-7-29-22/h10-11,16,18,21-22,29,35H,4-9,12-14H2,1-3H3,(H,30,32)/t16-,18?,21?,22-/m0/s1. The summed E-state index contributed by atoms with van der Waals surface area (Å²) in [5.74, 6) is -3.03. The Morgan fingerprint density at radius 3 is 2.76 bits per heavy atom. The SMILES string of the molecule is Cc1cc(CN2CCN(C(=O)C3CCC(F)(F)C3)[C@@H](C)C2)c(C)c(Nc2nnc([C@H]3NCCC3O)o2)c1. The van der Waals surface area contributed by atoms with Crippen molar-refractivity contribution in [1.82, 2.24) is 25.3 Å². The first kappa shape index (κ1) is 26.0. The van der Waals surface area contributed by atoms with Crippen LogP contribution in [0.4, 0.5) is 20.5 Å².